The highest BCUT2D eigenvalue weighted by Gasteiger charge is 2.48. The highest BCUT2D eigenvalue weighted by molar-refractivity contribution is 7.89. The van der Waals surface area contributed by atoms with Gasteiger partial charge in [-0.2, -0.15) is 0 Å². The van der Waals surface area contributed by atoms with Crippen molar-refractivity contribution in [3.8, 4) is 0 Å². The third-order valence-electron chi connectivity index (χ3n) is 3.19. The molecule has 0 saturated carbocycles. The van der Waals surface area contributed by atoms with E-state index in [0.717, 1.165) is 12.1 Å². The van der Waals surface area contributed by atoms with E-state index >= 15 is 0 Å². The number of rotatable bonds is 4. The monoisotopic (exact) mass is 315 g/mol. The van der Waals surface area contributed by atoms with Crippen molar-refractivity contribution in [2.24, 2.45) is 0 Å². The molecule has 2 N–H and O–H groups in total. The van der Waals surface area contributed by atoms with Crippen LogP contribution < -0.4 is 4.72 Å². The first kappa shape index (κ1) is 15.3. The molecule has 0 bridgehead atoms. The summed E-state index contributed by atoms with van der Waals surface area (Å²) in [7, 11) is -3.70. The molecule has 1 atom stereocenters. The smallest absolute Gasteiger partial charge is 0.250 e. The Bertz CT molecular complexity index is 711. The van der Waals surface area contributed by atoms with Gasteiger partial charge in [-0.3, -0.25) is 9.52 Å². The lowest BCUT2D eigenvalue weighted by molar-refractivity contribution is -0.131. The summed E-state index contributed by atoms with van der Waals surface area (Å²) in [6, 6.07) is 4.94. The van der Waals surface area contributed by atoms with Crippen LogP contribution in [0.1, 0.15) is 19.4 Å². The second-order valence-electron chi connectivity index (χ2n) is 4.65. The molecule has 114 valence electrons. The van der Waals surface area contributed by atoms with Crippen LogP contribution in [0.15, 0.2) is 35.9 Å². The van der Waals surface area contributed by atoms with Crippen molar-refractivity contribution in [3.05, 3.63) is 47.3 Å². The van der Waals surface area contributed by atoms with Crippen LogP contribution in [-0.4, -0.2) is 25.1 Å². The molecule has 0 fully saturated rings. The van der Waals surface area contributed by atoms with Gasteiger partial charge >= 0.3 is 0 Å². The molecule has 1 aliphatic rings. The van der Waals surface area contributed by atoms with E-state index in [1.165, 1.54) is 26.0 Å². The third kappa shape index (κ3) is 2.71. The van der Waals surface area contributed by atoms with E-state index in [9.17, 15) is 22.7 Å². The van der Waals surface area contributed by atoms with Crippen molar-refractivity contribution in [2.75, 3.05) is 5.75 Å². The number of aliphatic hydroxyl groups excluding tert-OH is 1. The summed E-state index contributed by atoms with van der Waals surface area (Å²) in [5.74, 6) is -2.86. The molecule has 21 heavy (non-hydrogen) atoms. The lowest BCUT2D eigenvalue weighted by atomic mass is 9.92. The number of sulfonamides is 1. The van der Waals surface area contributed by atoms with E-state index in [1.807, 2.05) is 4.72 Å². The van der Waals surface area contributed by atoms with Crippen LogP contribution >= 0.6 is 0 Å². The van der Waals surface area contributed by atoms with Gasteiger partial charge in [-0.1, -0.05) is 12.1 Å². The highest BCUT2D eigenvalue weighted by Crippen LogP contribution is 2.37. The Balaban J connectivity index is 2.35. The summed E-state index contributed by atoms with van der Waals surface area (Å²) in [6.07, 6.45) is 0. The predicted molar refractivity (Wildman–Crippen MR) is 72.1 cm³/mol. The average molecular weight is 315 g/mol. The Morgan fingerprint density at radius 1 is 1.33 bits per heavy atom. The quantitative estimate of drug-likeness (QED) is 0.874. The van der Waals surface area contributed by atoms with E-state index < -0.39 is 38.9 Å². The van der Waals surface area contributed by atoms with Gasteiger partial charge < -0.3 is 9.84 Å². The molecule has 2 rings (SSSR count). The molecule has 1 unspecified atom stereocenters. The molecule has 0 aliphatic carbocycles. The van der Waals surface area contributed by atoms with Gasteiger partial charge in [0.05, 0.1) is 5.75 Å². The second kappa shape index (κ2) is 5.03. The molecule has 0 aromatic heterocycles. The summed E-state index contributed by atoms with van der Waals surface area (Å²) in [6.45, 7) is 2.77. The molecular formula is C13H14FNO5S. The number of ether oxygens (including phenoxy) is 1. The number of Topliss-reactive ketones (excluding diaryl/α,β-unsaturated/α-hetero) is 1. The fraction of sp³-hybridized carbons (Fsp3) is 0.308. The number of ketones is 1. The van der Waals surface area contributed by atoms with Crippen LogP contribution in [-0.2, 0) is 25.2 Å². The molecule has 1 aromatic carbocycles. The first-order valence-electron chi connectivity index (χ1n) is 6.13. The largest absolute Gasteiger partial charge is 0.501 e. The molecular weight excluding hydrogens is 301 g/mol. The molecule has 1 heterocycles. The normalized spacial score (nSPS) is 22.3. The van der Waals surface area contributed by atoms with Crippen LogP contribution in [0.3, 0.4) is 0 Å². The Morgan fingerprint density at radius 2 is 1.90 bits per heavy atom. The minimum atomic E-state index is -3.70. The lowest BCUT2D eigenvalue weighted by Crippen LogP contribution is -2.32. The second-order valence-corrected chi connectivity index (χ2v) is 6.67. The van der Waals surface area contributed by atoms with Crippen LogP contribution in [0.4, 0.5) is 4.39 Å². The molecule has 0 amide bonds. The molecule has 0 radical (unpaired) electrons. The Hall–Kier alpha value is -2.09. The molecule has 1 aromatic rings. The summed E-state index contributed by atoms with van der Waals surface area (Å²) in [4.78, 5) is 12.1. The molecule has 6 nitrogen and oxygen atoms in total. The number of carbonyl (C=O) groups is 1. The van der Waals surface area contributed by atoms with Gasteiger partial charge in [-0.05, 0) is 26.0 Å². The number of nitrogens with one attached hydrogen (secondary N) is 1. The third-order valence-corrected chi connectivity index (χ3v) is 4.45. The minimum Gasteiger partial charge on any atom is -0.501 e. The number of hydrogen-bond donors (Lipinski definition) is 2. The van der Waals surface area contributed by atoms with Crippen LogP contribution in [0.25, 0.3) is 0 Å². The van der Waals surface area contributed by atoms with E-state index in [2.05, 4.69) is 0 Å². The van der Waals surface area contributed by atoms with Crippen LogP contribution in [0.5, 0.6) is 0 Å². The minimum absolute atomic E-state index is 0.241. The van der Waals surface area contributed by atoms with Crippen molar-refractivity contribution >= 4 is 15.8 Å². The number of aliphatic hydroxyl groups is 1. The van der Waals surface area contributed by atoms with E-state index in [4.69, 9.17) is 4.74 Å². The lowest BCUT2D eigenvalue weighted by Gasteiger charge is -2.23. The van der Waals surface area contributed by atoms with Gasteiger partial charge in [0, 0.05) is 5.56 Å². The topological polar surface area (TPSA) is 92.7 Å². The first-order valence-corrected chi connectivity index (χ1v) is 7.78. The molecule has 8 heteroatoms. The maximum absolute atomic E-state index is 12.9. The van der Waals surface area contributed by atoms with Gasteiger partial charge in [-0.15, -0.1) is 0 Å². The zero-order chi connectivity index (χ0) is 15.8. The van der Waals surface area contributed by atoms with Gasteiger partial charge in [0.1, 0.15) is 5.82 Å². The Labute approximate surface area is 121 Å². The van der Waals surface area contributed by atoms with Crippen LogP contribution in [0, 0.1) is 5.82 Å². The van der Waals surface area contributed by atoms with E-state index in [1.54, 1.807) is 0 Å². The Morgan fingerprint density at radius 3 is 2.43 bits per heavy atom. The molecule has 0 spiro atoms. The number of carbonyl (C=O) groups excluding carboxylic acids is 1. The van der Waals surface area contributed by atoms with E-state index in [0.29, 0.717) is 5.56 Å². The van der Waals surface area contributed by atoms with Crippen molar-refractivity contribution in [1.29, 1.82) is 0 Å². The maximum atomic E-state index is 12.9. The fourth-order valence-electron chi connectivity index (χ4n) is 1.87. The number of halogens is 1. The van der Waals surface area contributed by atoms with Crippen molar-refractivity contribution in [2.45, 2.75) is 19.4 Å². The first-order chi connectivity index (χ1) is 9.69. The van der Waals surface area contributed by atoms with E-state index in [-0.39, 0.29) is 5.75 Å². The number of hydrogen-bond acceptors (Lipinski definition) is 5. The van der Waals surface area contributed by atoms with Gasteiger partial charge in [-0.25, -0.2) is 12.8 Å². The summed E-state index contributed by atoms with van der Waals surface area (Å²) in [5.41, 5.74) is -1.31. The SMILES string of the molecule is CCS(=O)(=O)NC1=C(O)C(=O)C(C)(c2ccc(F)cc2)O1. The van der Waals surface area contributed by atoms with Gasteiger partial charge in [0.2, 0.25) is 21.7 Å². The summed E-state index contributed by atoms with van der Waals surface area (Å²) in [5, 5.41) is 9.77. The van der Waals surface area contributed by atoms with Crippen molar-refractivity contribution < 1.29 is 27.4 Å². The van der Waals surface area contributed by atoms with Crippen LogP contribution in [0.2, 0.25) is 0 Å². The predicted octanol–water partition coefficient (Wildman–Crippen LogP) is 1.31. The van der Waals surface area contributed by atoms with Crippen molar-refractivity contribution in [3.63, 3.8) is 0 Å². The van der Waals surface area contributed by atoms with Gasteiger partial charge in [0.25, 0.3) is 5.78 Å². The molecule has 1 aliphatic heterocycles. The zero-order valence-corrected chi connectivity index (χ0v) is 12.2. The summed E-state index contributed by atoms with van der Waals surface area (Å²) < 4.78 is 43.3. The molecule has 0 saturated heterocycles. The fourth-order valence-corrected chi connectivity index (χ4v) is 2.43. The number of benzene rings is 1. The average Bonchev–Trinajstić information content (AvgIpc) is 2.64. The van der Waals surface area contributed by atoms with Gasteiger partial charge in [0.15, 0.2) is 5.60 Å². The zero-order valence-electron chi connectivity index (χ0n) is 11.4. The Kier molecular flexibility index (Phi) is 3.66. The highest BCUT2D eigenvalue weighted by atomic mass is 32.2. The summed E-state index contributed by atoms with van der Waals surface area (Å²) >= 11 is 0. The maximum Gasteiger partial charge on any atom is 0.250 e. The standard InChI is InChI=1S/C13H14FNO5S/c1-3-21(18,19)15-12-10(16)11(17)13(2,20-12)8-4-6-9(14)7-5-8/h4-7,15-16H,3H2,1-2H3. The van der Waals surface area contributed by atoms with Crippen molar-refractivity contribution in [1.82, 2.24) is 4.72 Å².